The van der Waals surface area contributed by atoms with Gasteiger partial charge in [0, 0.05) is 27.3 Å². The molecule has 0 aromatic carbocycles. The lowest BCUT2D eigenvalue weighted by molar-refractivity contribution is 0.285. The molecule has 0 aromatic heterocycles. The van der Waals surface area contributed by atoms with Crippen LogP contribution in [0.5, 0.6) is 0 Å². The van der Waals surface area contributed by atoms with Gasteiger partial charge in [-0.2, -0.15) is 0 Å². The Morgan fingerprint density at radius 2 is 1.77 bits per heavy atom. The molecule has 0 spiro atoms. The van der Waals surface area contributed by atoms with E-state index in [4.69, 9.17) is 14.6 Å². The summed E-state index contributed by atoms with van der Waals surface area (Å²) in [6.07, 6.45) is 1.19. The molecule has 0 saturated carbocycles. The summed E-state index contributed by atoms with van der Waals surface area (Å²) in [6, 6.07) is 0. The second kappa shape index (κ2) is 14.6. The number of rotatable bonds is 6. The fraction of sp³-hybridized carbons (Fsp3) is 1.00. The normalized spacial score (nSPS) is 9.69. The number of hydrogen-bond donors (Lipinski definition) is 2. The first-order valence-electron chi connectivity index (χ1n) is 4.69. The molecule has 0 atom stereocenters. The standard InChI is InChI=1S/C5H14N2.C3H10O2Si/c1-2-4-7-5-3-6;1-4-6(3)5-2/h7H,2-6H2,1H3;6H,1-3H3. The van der Waals surface area contributed by atoms with Crippen molar-refractivity contribution in [1.29, 1.82) is 0 Å². The van der Waals surface area contributed by atoms with E-state index in [0.717, 1.165) is 19.6 Å². The van der Waals surface area contributed by atoms with Crippen LogP contribution in [-0.2, 0) is 8.85 Å². The molecule has 0 aliphatic carbocycles. The molecule has 5 heteroatoms. The van der Waals surface area contributed by atoms with Crippen molar-refractivity contribution in [2.24, 2.45) is 5.73 Å². The Morgan fingerprint density at radius 1 is 1.23 bits per heavy atom. The van der Waals surface area contributed by atoms with Gasteiger partial charge in [-0.15, -0.1) is 0 Å². The quantitative estimate of drug-likeness (QED) is 0.479. The lowest BCUT2D eigenvalue weighted by atomic mass is 10.5. The van der Waals surface area contributed by atoms with E-state index in [1.165, 1.54) is 6.42 Å². The molecule has 0 heterocycles. The number of nitrogens with one attached hydrogen (secondary N) is 1. The van der Waals surface area contributed by atoms with Crippen LogP contribution in [0, 0.1) is 0 Å². The molecule has 0 unspecified atom stereocenters. The second-order valence-electron chi connectivity index (χ2n) is 2.58. The van der Waals surface area contributed by atoms with Gasteiger partial charge < -0.3 is 19.9 Å². The summed E-state index contributed by atoms with van der Waals surface area (Å²) in [5.41, 5.74) is 5.21. The zero-order chi connectivity index (χ0) is 10.5. The molecule has 3 N–H and O–H groups in total. The van der Waals surface area contributed by atoms with Crippen LogP contribution in [-0.4, -0.2) is 43.1 Å². The van der Waals surface area contributed by atoms with Gasteiger partial charge in [-0.25, -0.2) is 0 Å². The number of nitrogens with two attached hydrogens (primary N) is 1. The highest BCUT2D eigenvalue weighted by Crippen LogP contribution is 1.77. The topological polar surface area (TPSA) is 56.5 Å². The van der Waals surface area contributed by atoms with Crippen LogP contribution in [0.1, 0.15) is 13.3 Å². The van der Waals surface area contributed by atoms with E-state index in [1.807, 2.05) is 6.55 Å². The van der Waals surface area contributed by atoms with E-state index < -0.39 is 9.28 Å². The Kier molecular flexibility index (Phi) is 17.4. The van der Waals surface area contributed by atoms with Crippen molar-refractivity contribution in [3.8, 4) is 0 Å². The van der Waals surface area contributed by atoms with Crippen molar-refractivity contribution in [1.82, 2.24) is 5.32 Å². The van der Waals surface area contributed by atoms with E-state index >= 15 is 0 Å². The Hall–Kier alpha value is 0.0569. The maximum absolute atomic E-state index is 5.21. The molecule has 0 fully saturated rings. The summed E-state index contributed by atoms with van der Waals surface area (Å²) in [5, 5.41) is 3.16. The smallest absolute Gasteiger partial charge is 0.317 e. The number of hydrogen-bond acceptors (Lipinski definition) is 4. The van der Waals surface area contributed by atoms with E-state index in [0.29, 0.717) is 0 Å². The zero-order valence-electron chi connectivity index (χ0n) is 9.30. The van der Waals surface area contributed by atoms with Crippen LogP contribution in [0.4, 0.5) is 0 Å². The van der Waals surface area contributed by atoms with Gasteiger partial charge >= 0.3 is 9.28 Å². The van der Waals surface area contributed by atoms with E-state index in [9.17, 15) is 0 Å². The largest absolute Gasteiger partial charge is 0.400 e. The summed E-state index contributed by atoms with van der Waals surface area (Å²) in [6.45, 7) is 6.91. The lowest BCUT2D eigenvalue weighted by Crippen LogP contribution is -2.22. The van der Waals surface area contributed by atoms with Crippen LogP contribution in [0.2, 0.25) is 6.55 Å². The van der Waals surface area contributed by atoms with Crippen molar-refractivity contribution >= 4 is 9.28 Å². The van der Waals surface area contributed by atoms with E-state index in [2.05, 4.69) is 12.2 Å². The highest BCUT2D eigenvalue weighted by atomic mass is 28.3. The molecule has 13 heavy (non-hydrogen) atoms. The molecule has 0 aromatic rings. The molecule has 0 bridgehead atoms. The molecular formula is C8H24N2O2Si. The fourth-order valence-electron chi connectivity index (χ4n) is 0.500. The molecule has 0 rings (SSSR count). The average molecular weight is 208 g/mol. The third-order valence-corrected chi connectivity index (χ3v) is 2.74. The molecule has 82 valence electrons. The Labute approximate surface area is 83.6 Å². The van der Waals surface area contributed by atoms with Crippen molar-refractivity contribution in [3.05, 3.63) is 0 Å². The molecule has 0 amide bonds. The highest BCUT2D eigenvalue weighted by Gasteiger charge is 1.94. The minimum Gasteiger partial charge on any atom is -0.400 e. The molecule has 0 aliphatic heterocycles. The summed E-state index contributed by atoms with van der Waals surface area (Å²) in [7, 11) is 2.17. The van der Waals surface area contributed by atoms with Gasteiger partial charge in [0.2, 0.25) is 0 Å². The Balaban J connectivity index is 0. The highest BCUT2D eigenvalue weighted by molar-refractivity contribution is 6.42. The predicted molar refractivity (Wildman–Crippen MR) is 59.2 cm³/mol. The SMILES string of the molecule is CCCNCCN.CO[SiH](C)OC. The van der Waals surface area contributed by atoms with Crippen molar-refractivity contribution < 1.29 is 8.85 Å². The second-order valence-corrected chi connectivity index (χ2v) is 4.66. The first kappa shape index (κ1) is 15.5. The first-order valence-corrected chi connectivity index (χ1v) is 6.79. The van der Waals surface area contributed by atoms with Gasteiger partial charge in [-0.1, -0.05) is 6.92 Å². The van der Waals surface area contributed by atoms with E-state index in [-0.39, 0.29) is 0 Å². The van der Waals surface area contributed by atoms with Gasteiger partial charge in [0.25, 0.3) is 0 Å². The van der Waals surface area contributed by atoms with Gasteiger partial charge in [-0.3, -0.25) is 0 Å². The fourth-order valence-corrected chi connectivity index (χ4v) is 0.693. The van der Waals surface area contributed by atoms with Crippen molar-refractivity contribution in [2.45, 2.75) is 19.9 Å². The predicted octanol–water partition coefficient (Wildman–Crippen LogP) is 0.0742. The first-order chi connectivity index (χ1) is 6.22. The van der Waals surface area contributed by atoms with Crippen LogP contribution >= 0.6 is 0 Å². The molecule has 0 aliphatic rings. The summed E-state index contributed by atoms with van der Waals surface area (Å²) < 4.78 is 9.63. The third kappa shape index (κ3) is 18.8. The molecule has 4 nitrogen and oxygen atoms in total. The van der Waals surface area contributed by atoms with Crippen LogP contribution in [0.15, 0.2) is 0 Å². The summed E-state index contributed by atoms with van der Waals surface area (Å²) in [5.74, 6) is 0. The third-order valence-electron chi connectivity index (χ3n) is 1.41. The van der Waals surface area contributed by atoms with Crippen LogP contribution < -0.4 is 11.1 Å². The van der Waals surface area contributed by atoms with Crippen LogP contribution in [0.25, 0.3) is 0 Å². The van der Waals surface area contributed by atoms with Gasteiger partial charge in [0.1, 0.15) is 0 Å². The minimum atomic E-state index is -1.16. The Bertz CT molecular complexity index is 78.5. The molecular weight excluding hydrogens is 184 g/mol. The van der Waals surface area contributed by atoms with Crippen molar-refractivity contribution in [3.63, 3.8) is 0 Å². The zero-order valence-corrected chi connectivity index (χ0v) is 10.5. The average Bonchev–Trinajstić information content (AvgIpc) is 2.18. The Morgan fingerprint density at radius 3 is 2.00 bits per heavy atom. The van der Waals surface area contributed by atoms with Crippen LogP contribution in [0.3, 0.4) is 0 Å². The molecule has 0 saturated heterocycles. The molecule has 0 radical (unpaired) electrons. The van der Waals surface area contributed by atoms with Gasteiger partial charge in [-0.05, 0) is 19.5 Å². The van der Waals surface area contributed by atoms with Crippen molar-refractivity contribution in [2.75, 3.05) is 33.9 Å². The summed E-state index contributed by atoms with van der Waals surface area (Å²) in [4.78, 5) is 0. The van der Waals surface area contributed by atoms with Gasteiger partial charge in [0.15, 0.2) is 0 Å². The minimum absolute atomic E-state index is 0.750. The van der Waals surface area contributed by atoms with Gasteiger partial charge in [0.05, 0.1) is 0 Å². The monoisotopic (exact) mass is 208 g/mol. The maximum atomic E-state index is 5.21. The lowest BCUT2D eigenvalue weighted by Gasteiger charge is -2.00. The maximum Gasteiger partial charge on any atom is 0.317 e. The van der Waals surface area contributed by atoms with E-state index in [1.54, 1.807) is 14.2 Å². The summed E-state index contributed by atoms with van der Waals surface area (Å²) >= 11 is 0.